The maximum Gasteiger partial charge on any atom is 0.317 e. The molecule has 138 valence electrons. The Balaban J connectivity index is 1.81. The van der Waals surface area contributed by atoms with Crippen LogP contribution in [0.2, 0.25) is 5.02 Å². The molecule has 0 aromatic heterocycles. The molecule has 1 N–H and O–H groups in total. The number of piperidine rings is 1. The van der Waals surface area contributed by atoms with Crippen molar-refractivity contribution < 1.29 is 14.3 Å². The molecule has 1 heterocycles. The highest BCUT2D eigenvalue weighted by atomic mass is 35.5. The monoisotopic (exact) mass is 367 g/mol. The van der Waals surface area contributed by atoms with Gasteiger partial charge >= 0.3 is 6.03 Å². The predicted molar refractivity (Wildman–Crippen MR) is 97.8 cm³/mol. The van der Waals surface area contributed by atoms with Crippen LogP contribution in [0.4, 0.5) is 4.79 Å². The smallest absolute Gasteiger partial charge is 0.317 e. The first kappa shape index (κ1) is 19.4. The third-order valence-corrected chi connectivity index (χ3v) is 4.77. The number of rotatable bonds is 5. The third kappa shape index (κ3) is 5.53. The van der Waals surface area contributed by atoms with Crippen LogP contribution in [-0.2, 0) is 11.3 Å². The Kier molecular flexibility index (Phi) is 6.93. The Bertz CT molecular complexity index is 614. The van der Waals surface area contributed by atoms with Gasteiger partial charge in [0.15, 0.2) is 0 Å². The number of likely N-dealkylation sites (tertiary alicyclic amines) is 1. The molecule has 6 nitrogen and oxygen atoms in total. The van der Waals surface area contributed by atoms with E-state index >= 15 is 0 Å². The van der Waals surface area contributed by atoms with Gasteiger partial charge in [-0.1, -0.05) is 11.6 Å². The number of amides is 3. The number of benzene rings is 1. The highest BCUT2D eigenvalue weighted by Crippen LogP contribution is 2.23. The van der Waals surface area contributed by atoms with Crippen LogP contribution in [0, 0.1) is 5.92 Å². The quantitative estimate of drug-likeness (QED) is 0.870. The van der Waals surface area contributed by atoms with E-state index < -0.39 is 0 Å². The van der Waals surface area contributed by atoms with Gasteiger partial charge in [0.1, 0.15) is 5.75 Å². The van der Waals surface area contributed by atoms with Gasteiger partial charge in [0.2, 0.25) is 5.91 Å². The molecule has 2 rings (SSSR count). The fourth-order valence-corrected chi connectivity index (χ4v) is 3.13. The number of carbonyl (C=O) groups is 2. The van der Waals surface area contributed by atoms with Crippen LogP contribution in [-0.4, -0.2) is 56.0 Å². The van der Waals surface area contributed by atoms with Gasteiger partial charge in [-0.05, 0) is 37.0 Å². The van der Waals surface area contributed by atoms with Gasteiger partial charge in [-0.3, -0.25) is 4.79 Å². The standard InChI is InChI=1S/C18H26ClN3O3/c1-21(2)17(23)10-13-6-8-22(9-7-13)18(24)20-12-14-11-15(19)4-5-16(14)25-3/h4-5,11,13H,6-10,12H2,1-3H3,(H,20,24). The van der Waals surface area contributed by atoms with Gasteiger partial charge in [-0.15, -0.1) is 0 Å². The zero-order valence-electron chi connectivity index (χ0n) is 15.0. The molecule has 7 heteroatoms. The van der Waals surface area contributed by atoms with Gasteiger partial charge in [0.25, 0.3) is 0 Å². The average molecular weight is 368 g/mol. The largest absolute Gasteiger partial charge is 0.496 e. The molecule has 1 aliphatic rings. The summed E-state index contributed by atoms with van der Waals surface area (Å²) < 4.78 is 5.29. The zero-order chi connectivity index (χ0) is 18.4. The Morgan fingerprint density at radius 3 is 2.60 bits per heavy atom. The van der Waals surface area contributed by atoms with Gasteiger partial charge in [-0.2, -0.15) is 0 Å². The van der Waals surface area contributed by atoms with Crippen LogP contribution >= 0.6 is 11.6 Å². The second kappa shape index (κ2) is 8.94. The van der Waals surface area contributed by atoms with Crippen molar-refractivity contribution in [3.63, 3.8) is 0 Å². The van der Waals surface area contributed by atoms with Crippen LogP contribution < -0.4 is 10.1 Å². The van der Waals surface area contributed by atoms with Crippen molar-refractivity contribution in [2.75, 3.05) is 34.3 Å². The minimum Gasteiger partial charge on any atom is -0.496 e. The Morgan fingerprint density at radius 2 is 2.00 bits per heavy atom. The lowest BCUT2D eigenvalue weighted by Gasteiger charge is -2.32. The van der Waals surface area contributed by atoms with Crippen molar-refractivity contribution >= 4 is 23.5 Å². The molecule has 25 heavy (non-hydrogen) atoms. The van der Waals surface area contributed by atoms with Gasteiger partial charge in [0.05, 0.1) is 7.11 Å². The van der Waals surface area contributed by atoms with Crippen LogP contribution in [0.1, 0.15) is 24.8 Å². The number of nitrogens with zero attached hydrogens (tertiary/aromatic N) is 2. The molecule has 1 saturated heterocycles. The number of ether oxygens (including phenoxy) is 1. The summed E-state index contributed by atoms with van der Waals surface area (Å²) in [5, 5.41) is 3.53. The molecule has 0 spiro atoms. The lowest BCUT2D eigenvalue weighted by Crippen LogP contribution is -2.44. The Labute approximate surface area is 154 Å². The minimum atomic E-state index is -0.0978. The summed E-state index contributed by atoms with van der Waals surface area (Å²) in [6, 6.07) is 5.24. The molecule has 0 bridgehead atoms. The molecular weight excluding hydrogens is 342 g/mol. The molecule has 1 aliphatic heterocycles. The van der Waals surface area contributed by atoms with Crippen molar-refractivity contribution in [3.05, 3.63) is 28.8 Å². The lowest BCUT2D eigenvalue weighted by atomic mass is 9.93. The normalized spacial score (nSPS) is 15.0. The van der Waals surface area contributed by atoms with E-state index in [-0.39, 0.29) is 11.9 Å². The number of halogens is 1. The van der Waals surface area contributed by atoms with E-state index in [1.807, 2.05) is 0 Å². The number of carbonyl (C=O) groups excluding carboxylic acids is 2. The Hall–Kier alpha value is -1.95. The third-order valence-electron chi connectivity index (χ3n) is 4.54. The van der Waals surface area contributed by atoms with Crippen molar-refractivity contribution in [2.24, 2.45) is 5.92 Å². The van der Waals surface area contributed by atoms with Crippen molar-refractivity contribution in [2.45, 2.75) is 25.8 Å². The summed E-state index contributed by atoms with van der Waals surface area (Å²) in [5.41, 5.74) is 0.842. The van der Waals surface area contributed by atoms with Crippen molar-refractivity contribution in [3.8, 4) is 5.75 Å². The van der Waals surface area contributed by atoms with Crippen molar-refractivity contribution in [1.82, 2.24) is 15.1 Å². The summed E-state index contributed by atoms with van der Waals surface area (Å²) in [7, 11) is 5.14. The fraction of sp³-hybridized carbons (Fsp3) is 0.556. The summed E-state index contributed by atoms with van der Waals surface area (Å²) in [5.74, 6) is 1.20. The molecule has 0 atom stereocenters. The molecule has 1 aromatic rings. The summed E-state index contributed by atoms with van der Waals surface area (Å²) in [6.45, 7) is 1.70. The molecule has 0 aliphatic carbocycles. The van der Waals surface area contributed by atoms with Crippen LogP contribution in [0.5, 0.6) is 5.75 Å². The maximum atomic E-state index is 12.4. The number of hydrogen-bond donors (Lipinski definition) is 1. The van der Waals surface area contributed by atoms with E-state index in [1.165, 1.54) is 0 Å². The highest BCUT2D eigenvalue weighted by Gasteiger charge is 2.24. The number of urea groups is 1. The van der Waals surface area contributed by atoms with Crippen LogP contribution in [0.3, 0.4) is 0 Å². The van der Waals surface area contributed by atoms with Crippen LogP contribution in [0.25, 0.3) is 0 Å². The van der Waals surface area contributed by atoms with E-state index in [0.717, 1.165) is 18.4 Å². The molecular formula is C18H26ClN3O3. The first-order valence-corrected chi connectivity index (χ1v) is 8.84. The van der Waals surface area contributed by atoms with Crippen LogP contribution in [0.15, 0.2) is 18.2 Å². The summed E-state index contributed by atoms with van der Waals surface area (Å²) in [6.07, 6.45) is 2.27. The summed E-state index contributed by atoms with van der Waals surface area (Å²) >= 11 is 6.01. The number of methoxy groups -OCH3 is 1. The molecule has 0 saturated carbocycles. The average Bonchev–Trinajstić information content (AvgIpc) is 2.60. The van der Waals surface area contributed by atoms with Gasteiger partial charge < -0.3 is 19.9 Å². The van der Waals surface area contributed by atoms with Gasteiger partial charge in [-0.25, -0.2) is 4.79 Å². The topological polar surface area (TPSA) is 61.9 Å². The molecule has 3 amide bonds. The van der Waals surface area contributed by atoms with E-state index in [9.17, 15) is 9.59 Å². The zero-order valence-corrected chi connectivity index (χ0v) is 15.8. The van der Waals surface area contributed by atoms with E-state index in [2.05, 4.69) is 5.32 Å². The molecule has 1 aromatic carbocycles. The van der Waals surface area contributed by atoms with E-state index in [4.69, 9.17) is 16.3 Å². The predicted octanol–water partition coefficient (Wildman–Crippen LogP) is 2.75. The highest BCUT2D eigenvalue weighted by molar-refractivity contribution is 6.30. The molecule has 0 radical (unpaired) electrons. The fourth-order valence-electron chi connectivity index (χ4n) is 2.94. The second-order valence-electron chi connectivity index (χ2n) is 6.54. The van der Waals surface area contributed by atoms with E-state index in [1.54, 1.807) is 49.2 Å². The first-order chi connectivity index (χ1) is 11.9. The van der Waals surface area contributed by atoms with Crippen molar-refractivity contribution in [1.29, 1.82) is 0 Å². The van der Waals surface area contributed by atoms with Gasteiger partial charge in [0, 0.05) is 50.7 Å². The minimum absolute atomic E-state index is 0.0978. The lowest BCUT2D eigenvalue weighted by molar-refractivity contribution is -0.129. The SMILES string of the molecule is COc1ccc(Cl)cc1CNC(=O)N1CCC(CC(=O)N(C)C)CC1. The summed E-state index contributed by atoms with van der Waals surface area (Å²) in [4.78, 5) is 27.6. The Morgan fingerprint density at radius 1 is 1.32 bits per heavy atom. The second-order valence-corrected chi connectivity index (χ2v) is 6.97. The maximum absolute atomic E-state index is 12.4. The van der Waals surface area contributed by atoms with E-state index in [0.29, 0.717) is 42.7 Å². The number of nitrogens with one attached hydrogen (secondary N) is 1. The molecule has 1 fully saturated rings. The number of hydrogen-bond acceptors (Lipinski definition) is 3. The molecule has 0 unspecified atom stereocenters. The first-order valence-electron chi connectivity index (χ1n) is 8.46.